The van der Waals surface area contributed by atoms with E-state index < -0.39 is 17.3 Å². The van der Waals surface area contributed by atoms with Crippen LogP contribution in [0, 0.1) is 10.5 Å². The average molecular weight is 396 g/mol. The number of aromatic hydroxyl groups is 3. The quantitative estimate of drug-likeness (QED) is 0.508. The molecule has 0 atom stereocenters. The lowest BCUT2D eigenvalue weighted by Gasteiger charge is -2.21. The first-order chi connectivity index (χ1) is 9.82. The molecule has 3 N–H and O–H groups in total. The fourth-order valence-electron chi connectivity index (χ4n) is 2.52. The maximum Gasteiger partial charge on any atom is 0.202 e. The van der Waals surface area contributed by atoms with E-state index in [0.717, 1.165) is 6.07 Å². The summed E-state index contributed by atoms with van der Waals surface area (Å²) >= 11 is 1.75. The van der Waals surface area contributed by atoms with Crippen molar-refractivity contribution < 1.29 is 24.9 Å². The predicted octanol–water partition coefficient (Wildman–Crippen LogP) is 2.49. The van der Waals surface area contributed by atoms with Crippen LogP contribution in [0.5, 0.6) is 17.2 Å². The van der Waals surface area contributed by atoms with E-state index in [1.54, 1.807) is 29.5 Å². The molecule has 6 heteroatoms. The number of benzene rings is 2. The van der Waals surface area contributed by atoms with Crippen molar-refractivity contribution in [2.45, 2.75) is 6.92 Å². The van der Waals surface area contributed by atoms with Gasteiger partial charge in [0.15, 0.2) is 5.78 Å². The summed E-state index contributed by atoms with van der Waals surface area (Å²) in [6.45, 7) is 1.69. The van der Waals surface area contributed by atoms with Gasteiger partial charge in [0.2, 0.25) is 5.78 Å². The Bertz CT molecular complexity index is 839. The molecule has 0 radical (unpaired) electrons. The smallest absolute Gasteiger partial charge is 0.202 e. The number of phenolic OH excluding ortho intramolecular Hbond substituents is 3. The molecule has 0 unspecified atom stereocenters. The minimum atomic E-state index is -0.632. The number of hydrogen-bond donors (Lipinski definition) is 3. The van der Waals surface area contributed by atoms with Crippen LogP contribution in [0.3, 0.4) is 0 Å². The van der Waals surface area contributed by atoms with E-state index in [-0.39, 0.29) is 37.3 Å². The van der Waals surface area contributed by atoms with Crippen LogP contribution in [0.2, 0.25) is 0 Å². The zero-order valence-corrected chi connectivity index (χ0v) is 12.9. The summed E-state index contributed by atoms with van der Waals surface area (Å²) in [5, 5.41) is 29.6. The van der Waals surface area contributed by atoms with E-state index in [2.05, 4.69) is 0 Å². The molecule has 5 nitrogen and oxygen atoms in total. The van der Waals surface area contributed by atoms with Gasteiger partial charge >= 0.3 is 0 Å². The summed E-state index contributed by atoms with van der Waals surface area (Å²) < 4.78 is 0.199. The van der Waals surface area contributed by atoms with Crippen molar-refractivity contribution in [1.29, 1.82) is 0 Å². The largest absolute Gasteiger partial charge is 0.507 e. The van der Waals surface area contributed by atoms with Crippen LogP contribution in [-0.2, 0) is 0 Å². The molecule has 0 aromatic heterocycles. The highest BCUT2D eigenvalue weighted by atomic mass is 127. The van der Waals surface area contributed by atoms with Gasteiger partial charge in [-0.15, -0.1) is 0 Å². The summed E-state index contributed by atoms with van der Waals surface area (Å²) in [5.41, 5.74) is 0.377. The number of ketones is 2. The molecule has 0 spiro atoms. The molecule has 2 aromatic rings. The second kappa shape index (κ2) is 4.45. The minimum Gasteiger partial charge on any atom is -0.507 e. The highest BCUT2D eigenvalue weighted by Gasteiger charge is 2.36. The first-order valence-corrected chi connectivity index (χ1v) is 7.08. The molecule has 0 aliphatic heterocycles. The fourth-order valence-corrected chi connectivity index (χ4v) is 3.19. The van der Waals surface area contributed by atoms with Gasteiger partial charge in [-0.1, -0.05) is 0 Å². The van der Waals surface area contributed by atoms with Crippen molar-refractivity contribution in [3.8, 4) is 17.2 Å². The van der Waals surface area contributed by atoms with E-state index in [1.165, 1.54) is 12.1 Å². The van der Waals surface area contributed by atoms with Gasteiger partial charge in [-0.25, -0.2) is 0 Å². The lowest BCUT2D eigenvalue weighted by molar-refractivity contribution is 0.0973. The highest BCUT2D eigenvalue weighted by molar-refractivity contribution is 14.1. The second-order valence-corrected chi connectivity index (χ2v) is 5.92. The van der Waals surface area contributed by atoms with E-state index in [4.69, 9.17) is 0 Å². The monoisotopic (exact) mass is 396 g/mol. The number of hydrogen-bond acceptors (Lipinski definition) is 5. The number of phenols is 3. The first-order valence-electron chi connectivity index (χ1n) is 6.00. The summed E-state index contributed by atoms with van der Waals surface area (Å²) in [5.74, 6) is -2.18. The van der Waals surface area contributed by atoms with Crippen LogP contribution in [0.25, 0.3) is 0 Å². The Hall–Kier alpha value is -2.09. The molecule has 0 saturated carbocycles. The summed E-state index contributed by atoms with van der Waals surface area (Å²) in [4.78, 5) is 25.1. The summed E-state index contributed by atoms with van der Waals surface area (Å²) in [7, 11) is 0. The Morgan fingerprint density at radius 1 is 0.810 bits per heavy atom. The normalized spacial score (nSPS) is 13.0. The second-order valence-electron chi connectivity index (χ2n) is 4.84. The average Bonchev–Trinajstić information content (AvgIpc) is 2.39. The third-order valence-electron chi connectivity index (χ3n) is 3.41. The molecule has 0 heterocycles. The number of carbonyl (C=O) groups is 2. The zero-order chi connectivity index (χ0) is 15.5. The van der Waals surface area contributed by atoms with E-state index in [1.807, 2.05) is 0 Å². The molecule has 21 heavy (non-hydrogen) atoms. The Morgan fingerprint density at radius 3 is 2.10 bits per heavy atom. The van der Waals surface area contributed by atoms with E-state index >= 15 is 0 Å². The molecule has 1 aliphatic carbocycles. The van der Waals surface area contributed by atoms with E-state index in [0.29, 0.717) is 5.56 Å². The molecule has 0 saturated heterocycles. The van der Waals surface area contributed by atoms with Crippen molar-refractivity contribution in [3.63, 3.8) is 0 Å². The lowest BCUT2D eigenvalue weighted by Crippen LogP contribution is -2.22. The zero-order valence-electron chi connectivity index (χ0n) is 10.8. The Morgan fingerprint density at radius 2 is 1.43 bits per heavy atom. The van der Waals surface area contributed by atoms with Gasteiger partial charge in [0, 0.05) is 11.6 Å². The summed E-state index contributed by atoms with van der Waals surface area (Å²) in [6.07, 6.45) is 0. The van der Waals surface area contributed by atoms with Gasteiger partial charge in [0.25, 0.3) is 0 Å². The SMILES string of the molecule is Cc1cc(O)c2c(c1)C(=O)c1c(I)c(O)cc(O)c1C2=O. The van der Waals surface area contributed by atoms with Gasteiger partial charge in [-0.3, -0.25) is 9.59 Å². The molecule has 0 fully saturated rings. The van der Waals surface area contributed by atoms with Gasteiger partial charge in [-0.05, 0) is 47.2 Å². The van der Waals surface area contributed by atoms with Crippen LogP contribution < -0.4 is 0 Å². The predicted molar refractivity (Wildman–Crippen MR) is 82.2 cm³/mol. The fraction of sp³-hybridized carbons (Fsp3) is 0.0667. The van der Waals surface area contributed by atoms with Crippen molar-refractivity contribution in [2.75, 3.05) is 0 Å². The Kier molecular flexibility index (Phi) is 2.94. The molecular formula is C15H9IO5. The van der Waals surface area contributed by atoms with Gasteiger partial charge in [0.1, 0.15) is 17.2 Å². The number of rotatable bonds is 0. The van der Waals surface area contributed by atoms with Crippen molar-refractivity contribution in [1.82, 2.24) is 0 Å². The van der Waals surface area contributed by atoms with Gasteiger partial charge in [0.05, 0.1) is 20.3 Å². The minimum absolute atomic E-state index is 0.0319. The maximum absolute atomic E-state index is 12.6. The molecule has 2 aromatic carbocycles. The molecular weight excluding hydrogens is 387 g/mol. The van der Waals surface area contributed by atoms with Gasteiger partial charge in [-0.2, -0.15) is 0 Å². The van der Waals surface area contributed by atoms with Crippen molar-refractivity contribution in [2.24, 2.45) is 0 Å². The highest BCUT2D eigenvalue weighted by Crippen LogP contribution is 2.41. The van der Waals surface area contributed by atoms with Crippen molar-refractivity contribution >= 4 is 34.2 Å². The molecule has 1 aliphatic rings. The van der Waals surface area contributed by atoms with Gasteiger partial charge < -0.3 is 15.3 Å². The van der Waals surface area contributed by atoms with Crippen molar-refractivity contribution in [3.05, 3.63) is 49.6 Å². The number of halogens is 1. The third-order valence-corrected chi connectivity index (χ3v) is 4.50. The Balaban J connectivity index is 2.44. The number of fused-ring (bicyclic) bond motifs is 2. The first kappa shape index (κ1) is 13.9. The molecule has 3 rings (SSSR count). The lowest BCUT2D eigenvalue weighted by atomic mass is 9.82. The van der Waals surface area contributed by atoms with Crippen LogP contribution in [0.1, 0.15) is 37.4 Å². The third kappa shape index (κ3) is 1.82. The van der Waals surface area contributed by atoms with Crippen LogP contribution in [0.15, 0.2) is 18.2 Å². The maximum atomic E-state index is 12.6. The van der Waals surface area contributed by atoms with Crippen LogP contribution >= 0.6 is 22.6 Å². The van der Waals surface area contributed by atoms with E-state index in [9.17, 15) is 24.9 Å². The van der Waals surface area contributed by atoms with Crippen LogP contribution in [-0.4, -0.2) is 26.9 Å². The molecule has 0 amide bonds. The number of aryl methyl sites for hydroxylation is 1. The topological polar surface area (TPSA) is 94.8 Å². The number of carbonyl (C=O) groups excluding carboxylic acids is 2. The van der Waals surface area contributed by atoms with Crippen LogP contribution in [0.4, 0.5) is 0 Å². The summed E-state index contributed by atoms with van der Waals surface area (Å²) in [6, 6.07) is 3.91. The molecule has 0 bridgehead atoms. The Labute approximate surface area is 133 Å². The molecule has 106 valence electrons. The standard InChI is InChI=1S/C15H9IO5/c1-5-2-6-10(7(17)3-5)15(21)11-8(18)4-9(19)13(16)12(11)14(6)20/h2-4,17-19H,1H3.